The van der Waals surface area contributed by atoms with Crippen molar-refractivity contribution in [1.82, 2.24) is 14.1 Å². The molecular weight excluding hydrogens is 362 g/mol. The molecule has 0 N–H and O–H groups in total. The van der Waals surface area contributed by atoms with E-state index >= 15 is 0 Å². The first kappa shape index (κ1) is 20.3. The first-order valence-corrected chi connectivity index (χ1v) is 11.7. The Morgan fingerprint density at radius 1 is 1.04 bits per heavy atom. The number of benzene rings is 1. The topological polar surface area (TPSA) is 60.9 Å². The number of nitrogens with zero attached hydrogens (tertiary/aromatic N) is 3. The van der Waals surface area contributed by atoms with E-state index in [9.17, 15) is 13.2 Å². The number of rotatable bonds is 5. The number of amides is 1. The fraction of sp³-hybridized carbons (Fsp3) is 0.650. The normalized spacial score (nSPS) is 21.9. The van der Waals surface area contributed by atoms with Crippen molar-refractivity contribution in [1.29, 1.82) is 0 Å². The van der Waals surface area contributed by atoms with Crippen LogP contribution in [-0.4, -0.2) is 80.0 Å². The molecule has 1 aromatic carbocycles. The van der Waals surface area contributed by atoms with Crippen molar-refractivity contribution in [2.45, 2.75) is 32.2 Å². The van der Waals surface area contributed by atoms with Gasteiger partial charge < -0.3 is 4.90 Å². The van der Waals surface area contributed by atoms with Crippen molar-refractivity contribution in [2.24, 2.45) is 5.92 Å². The maximum Gasteiger partial charge on any atom is 0.225 e. The van der Waals surface area contributed by atoms with E-state index in [2.05, 4.69) is 36.1 Å². The van der Waals surface area contributed by atoms with Gasteiger partial charge in [-0.3, -0.25) is 9.69 Å². The minimum atomic E-state index is -3.14. The molecule has 0 spiro atoms. The molecule has 0 radical (unpaired) electrons. The van der Waals surface area contributed by atoms with Crippen LogP contribution in [0.25, 0.3) is 0 Å². The lowest BCUT2D eigenvalue weighted by Gasteiger charge is -2.40. The summed E-state index contributed by atoms with van der Waals surface area (Å²) >= 11 is 0. The zero-order chi connectivity index (χ0) is 19.4. The molecule has 2 aliphatic heterocycles. The molecule has 0 aliphatic carbocycles. The van der Waals surface area contributed by atoms with Crippen LogP contribution in [-0.2, 0) is 21.2 Å². The number of hydrogen-bond donors (Lipinski definition) is 0. The largest absolute Gasteiger partial charge is 0.340 e. The quantitative estimate of drug-likeness (QED) is 0.759. The van der Waals surface area contributed by atoms with Gasteiger partial charge in [-0.05, 0) is 31.7 Å². The molecule has 1 atom stereocenters. The predicted molar refractivity (Wildman–Crippen MR) is 107 cm³/mol. The zero-order valence-electron chi connectivity index (χ0n) is 16.4. The average molecular weight is 394 g/mol. The molecule has 7 heteroatoms. The van der Waals surface area contributed by atoms with Gasteiger partial charge in [0.1, 0.15) is 0 Å². The van der Waals surface area contributed by atoms with Gasteiger partial charge >= 0.3 is 0 Å². The molecule has 2 heterocycles. The SMILES string of the molecule is CC(Cc1ccccc1)N1CCN(C(=O)C2CCN(S(C)(=O)=O)CC2)CC1. The first-order valence-electron chi connectivity index (χ1n) is 9.86. The van der Waals surface area contributed by atoms with E-state index in [0.29, 0.717) is 32.0 Å². The van der Waals surface area contributed by atoms with Gasteiger partial charge in [-0.1, -0.05) is 30.3 Å². The Morgan fingerprint density at radius 2 is 1.63 bits per heavy atom. The summed E-state index contributed by atoms with van der Waals surface area (Å²) in [5.41, 5.74) is 1.35. The minimum absolute atomic E-state index is 0.0312. The standard InChI is InChI=1S/C20H31N3O3S/c1-17(16-18-6-4-3-5-7-18)21-12-14-22(15-13-21)20(24)19-8-10-23(11-9-19)27(2,25)26/h3-7,17,19H,8-16H2,1-2H3. The third-order valence-electron chi connectivity index (χ3n) is 5.90. The summed E-state index contributed by atoms with van der Waals surface area (Å²) in [4.78, 5) is 17.3. The minimum Gasteiger partial charge on any atom is -0.340 e. The van der Waals surface area contributed by atoms with Crippen LogP contribution in [0.5, 0.6) is 0 Å². The molecule has 150 valence electrons. The summed E-state index contributed by atoms with van der Waals surface area (Å²) in [5, 5.41) is 0. The van der Waals surface area contributed by atoms with Crippen molar-refractivity contribution in [3.8, 4) is 0 Å². The van der Waals surface area contributed by atoms with Gasteiger partial charge in [0.2, 0.25) is 15.9 Å². The number of piperazine rings is 1. The van der Waals surface area contributed by atoms with Crippen molar-refractivity contribution in [3.63, 3.8) is 0 Å². The summed E-state index contributed by atoms with van der Waals surface area (Å²) in [6.45, 7) is 6.52. The average Bonchev–Trinajstić information content (AvgIpc) is 2.68. The van der Waals surface area contributed by atoms with Crippen LogP contribution in [0.15, 0.2) is 30.3 Å². The maximum atomic E-state index is 12.8. The molecule has 3 rings (SSSR count). The molecule has 27 heavy (non-hydrogen) atoms. The Morgan fingerprint density at radius 3 is 2.19 bits per heavy atom. The predicted octanol–water partition coefficient (Wildman–Crippen LogP) is 1.43. The lowest BCUT2D eigenvalue weighted by Crippen LogP contribution is -2.54. The molecule has 1 unspecified atom stereocenters. The van der Waals surface area contributed by atoms with Crippen LogP contribution in [0.3, 0.4) is 0 Å². The van der Waals surface area contributed by atoms with Gasteiger partial charge in [-0.25, -0.2) is 12.7 Å². The zero-order valence-corrected chi connectivity index (χ0v) is 17.2. The van der Waals surface area contributed by atoms with E-state index in [4.69, 9.17) is 0 Å². The molecule has 0 bridgehead atoms. The van der Waals surface area contributed by atoms with E-state index in [1.807, 2.05) is 11.0 Å². The highest BCUT2D eigenvalue weighted by molar-refractivity contribution is 7.88. The van der Waals surface area contributed by atoms with Crippen molar-refractivity contribution in [3.05, 3.63) is 35.9 Å². The summed E-state index contributed by atoms with van der Waals surface area (Å²) < 4.78 is 24.7. The van der Waals surface area contributed by atoms with Crippen LogP contribution in [0.2, 0.25) is 0 Å². The second kappa shape index (κ2) is 8.71. The van der Waals surface area contributed by atoms with Crippen molar-refractivity contribution >= 4 is 15.9 Å². The molecular formula is C20H31N3O3S. The van der Waals surface area contributed by atoms with Crippen LogP contribution in [0, 0.1) is 5.92 Å². The second-order valence-electron chi connectivity index (χ2n) is 7.84. The van der Waals surface area contributed by atoms with Gasteiger partial charge in [-0.2, -0.15) is 0 Å². The summed E-state index contributed by atoms with van der Waals surface area (Å²) in [6.07, 6.45) is 3.54. The molecule has 0 aromatic heterocycles. The highest BCUT2D eigenvalue weighted by Crippen LogP contribution is 2.22. The van der Waals surface area contributed by atoms with Gasteiger partial charge in [0.25, 0.3) is 0 Å². The van der Waals surface area contributed by atoms with Crippen LogP contribution in [0.1, 0.15) is 25.3 Å². The van der Waals surface area contributed by atoms with E-state index in [1.54, 1.807) is 0 Å². The molecule has 0 saturated carbocycles. The maximum absolute atomic E-state index is 12.8. The monoisotopic (exact) mass is 393 g/mol. The highest BCUT2D eigenvalue weighted by Gasteiger charge is 2.33. The third kappa shape index (κ3) is 5.30. The molecule has 1 amide bonds. The Labute approximate surface area is 163 Å². The van der Waals surface area contributed by atoms with Gasteiger partial charge in [0.05, 0.1) is 6.26 Å². The van der Waals surface area contributed by atoms with E-state index < -0.39 is 10.0 Å². The fourth-order valence-corrected chi connectivity index (χ4v) is 5.03. The Kier molecular flexibility index (Phi) is 6.55. The van der Waals surface area contributed by atoms with Crippen molar-refractivity contribution in [2.75, 3.05) is 45.5 Å². The number of hydrogen-bond acceptors (Lipinski definition) is 4. The molecule has 2 fully saturated rings. The lowest BCUT2D eigenvalue weighted by atomic mass is 9.96. The first-order chi connectivity index (χ1) is 12.8. The van der Waals surface area contributed by atoms with Gasteiger partial charge in [0, 0.05) is 51.2 Å². The van der Waals surface area contributed by atoms with Crippen LogP contribution < -0.4 is 0 Å². The van der Waals surface area contributed by atoms with E-state index in [0.717, 1.165) is 32.6 Å². The Bertz CT molecular complexity index is 722. The number of carbonyl (C=O) groups is 1. The fourth-order valence-electron chi connectivity index (χ4n) is 4.16. The highest BCUT2D eigenvalue weighted by atomic mass is 32.2. The molecule has 2 saturated heterocycles. The molecule has 2 aliphatic rings. The van der Waals surface area contributed by atoms with Crippen LogP contribution >= 0.6 is 0 Å². The lowest BCUT2D eigenvalue weighted by molar-refractivity contribution is -0.138. The van der Waals surface area contributed by atoms with E-state index in [-0.39, 0.29) is 11.8 Å². The number of sulfonamides is 1. The number of carbonyl (C=O) groups excluding carboxylic acids is 1. The molecule has 6 nitrogen and oxygen atoms in total. The Balaban J connectivity index is 1.45. The Hall–Kier alpha value is -1.44. The number of piperidine rings is 1. The summed E-state index contributed by atoms with van der Waals surface area (Å²) in [6, 6.07) is 11.0. The van der Waals surface area contributed by atoms with Gasteiger partial charge in [0.15, 0.2) is 0 Å². The smallest absolute Gasteiger partial charge is 0.225 e. The summed E-state index contributed by atoms with van der Waals surface area (Å²) in [7, 11) is -3.14. The van der Waals surface area contributed by atoms with E-state index in [1.165, 1.54) is 16.1 Å². The van der Waals surface area contributed by atoms with Crippen molar-refractivity contribution < 1.29 is 13.2 Å². The van der Waals surface area contributed by atoms with Gasteiger partial charge in [-0.15, -0.1) is 0 Å². The second-order valence-corrected chi connectivity index (χ2v) is 9.82. The summed E-state index contributed by atoms with van der Waals surface area (Å²) in [5.74, 6) is 0.176. The molecule has 1 aromatic rings. The van der Waals surface area contributed by atoms with Crippen LogP contribution in [0.4, 0.5) is 0 Å². The third-order valence-corrected chi connectivity index (χ3v) is 7.20.